The Morgan fingerprint density at radius 1 is 1.33 bits per heavy atom. The third-order valence-corrected chi connectivity index (χ3v) is 5.46. The molecule has 0 aliphatic carbocycles. The van der Waals surface area contributed by atoms with Crippen LogP contribution in [-0.2, 0) is 9.59 Å². The topological polar surface area (TPSA) is 61.8 Å². The number of benzene rings is 2. The molecular weight excluding hydrogens is 389 g/mol. The molecule has 0 aromatic heterocycles. The molecule has 1 atom stereocenters. The summed E-state index contributed by atoms with van der Waals surface area (Å²) >= 11 is 6.97. The number of halogens is 2. The summed E-state index contributed by atoms with van der Waals surface area (Å²) in [5, 5.41) is 2.64. The van der Waals surface area contributed by atoms with Gasteiger partial charge in [0.15, 0.2) is 5.17 Å². The summed E-state index contributed by atoms with van der Waals surface area (Å²) in [5.41, 5.74) is 2.17. The van der Waals surface area contributed by atoms with Crippen molar-refractivity contribution in [1.29, 1.82) is 0 Å². The molecule has 27 heavy (non-hydrogen) atoms. The minimum atomic E-state index is -0.561. The number of nitrogens with one attached hydrogen (secondary N) is 1. The molecule has 0 unspecified atom stereocenters. The van der Waals surface area contributed by atoms with Crippen LogP contribution in [0.25, 0.3) is 0 Å². The Morgan fingerprint density at radius 2 is 2.11 bits per heavy atom. The van der Waals surface area contributed by atoms with E-state index in [0.29, 0.717) is 16.5 Å². The van der Waals surface area contributed by atoms with E-state index in [2.05, 4.69) is 10.3 Å². The van der Waals surface area contributed by atoms with Gasteiger partial charge in [-0.25, -0.2) is 9.38 Å². The number of carbonyl (C=O) groups is 2. The predicted molar refractivity (Wildman–Crippen MR) is 107 cm³/mol. The van der Waals surface area contributed by atoms with Crippen LogP contribution in [0.2, 0.25) is 5.02 Å². The zero-order chi connectivity index (χ0) is 19.6. The van der Waals surface area contributed by atoms with Crippen molar-refractivity contribution in [3.05, 3.63) is 58.9 Å². The Labute approximate surface area is 165 Å². The third-order valence-electron chi connectivity index (χ3n) is 3.94. The lowest BCUT2D eigenvalue weighted by molar-refractivity contribution is -0.127. The predicted octanol–water partition coefficient (Wildman–Crippen LogP) is 4.38. The Balaban J connectivity index is 1.69. The summed E-state index contributed by atoms with van der Waals surface area (Å²) < 4.78 is 13.3. The van der Waals surface area contributed by atoms with Gasteiger partial charge in [-0.2, -0.15) is 0 Å². The molecule has 1 aliphatic heterocycles. The van der Waals surface area contributed by atoms with Gasteiger partial charge in [-0.3, -0.25) is 14.5 Å². The molecular formula is C19H17ClFN3O2S. The van der Waals surface area contributed by atoms with E-state index in [1.54, 1.807) is 13.1 Å². The van der Waals surface area contributed by atoms with Crippen molar-refractivity contribution in [1.82, 2.24) is 4.90 Å². The van der Waals surface area contributed by atoms with Crippen LogP contribution in [0.3, 0.4) is 0 Å². The molecule has 1 heterocycles. The number of anilines is 1. The highest BCUT2D eigenvalue weighted by Gasteiger charge is 2.37. The highest BCUT2D eigenvalue weighted by molar-refractivity contribution is 8.15. The summed E-state index contributed by atoms with van der Waals surface area (Å²) in [6.45, 7) is 1.94. The van der Waals surface area contributed by atoms with Crippen molar-refractivity contribution < 1.29 is 14.0 Å². The number of hydrogen-bond donors (Lipinski definition) is 1. The molecule has 8 heteroatoms. The lowest BCUT2D eigenvalue weighted by atomic mass is 10.2. The van der Waals surface area contributed by atoms with Gasteiger partial charge in [0, 0.05) is 19.2 Å². The van der Waals surface area contributed by atoms with Crippen molar-refractivity contribution in [3.8, 4) is 0 Å². The maximum atomic E-state index is 13.3. The first kappa shape index (κ1) is 19.4. The standard InChI is InChI=1S/C19H17ClFN3O2S/c1-11-4-3-5-12(8-11)22-17(25)10-16-18(26)24(2)19(27-16)23-13-6-7-15(21)14(20)9-13/h3-9,16H,10H2,1-2H3,(H,22,25)/t16-/m0/s1. The van der Waals surface area contributed by atoms with Crippen molar-refractivity contribution in [2.24, 2.45) is 4.99 Å². The second kappa shape index (κ2) is 8.10. The van der Waals surface area contributed by atoms with Gasteiger partial charge < -0.3 is 5.32 Å². The van der Waals surface area contributed by atoms with E-state index in [-0.39, 0.29) is 23.3 Å². The van der Waals surface area contributed by atoms with E-state index < -0.39 is 11.1 Å². The Morgan fingerprint density at radius 3 is 2.81 bits per heavy atom. The van der Waals surface area contributed by atoms with E-state index >= 15 is 0 Å². The molecule has 0 radical (unpaired) electrons. The monoisotopic (exact) mass is 405 g/mol. The minimum absolute atomic E-state index is 0.0327. The molecule has 140 valence electrons. The van der Waals surface area contributed by atoms with Crippen LogP contribution in [-0.4, -0.2) is 34.2 Å². The number of hydrogen-bond acceptors (Lipinski definition) is 4. The van der Waals surface area contributed by atoms with E-state index in [9.17, 15) is 14.0 Å². The number of carbonyl (C=O) groups excluding carboxylic acids is 2. The van der Waals surface area contributed by atoms with Gasteiger partial charge >= 0.3 is 0 Å². The van der Waals surface area contributed by atoms with Gasteiger partial charge in [0.1, 0.15) is 11.1 Å². The van der Waals surface area contributed by atoms with Crippen LogP contribution in [0.5, 0.6) is 0 Å². The molecule has 2 aromatic rings. The fourth-order valence-corrected chi connectivity index (χ4v) is 3.89. The number of aliphatic imine (C=N–C) groups is 1. The van der Waals surface area contributed by atoms with E-state index in [4.69, 9.17) is 11.6 Å². The smallest absolute Gasteiger partial charge is 0.242 e. The second-order valence-electron chi connectivity index (χ2n) is 6.12. The number of rotatable bonds is 4. The minimum Gasteiger partial charge on any atom is -0.326 e. The quantitative estimate of drug-likeness (QED) is 0.821. The van der Waals surface area contributed by atoms with Crippen LogP contribution in [0.1, 0.15) is 12.0 Å². The maximum absolute atomic E-state index is 13.3. The van der Waals surface area contributed by atoms with Crippen LogP contribution in [0.4, 0.5) is 15.8 Å². The second-order valence-corrected chi connectivity index (χ2v) is 7.70. The molecule has 0 bridgehead atoms. The van der Waals surface area contributed by atoms with Crippen molar-refractivity contribution in [2.45, 2.75) is 18.6 Å². The fourth-order valence-electron chi connectivity index (χ4n) is 2.57. The average Bonchev–Trinajstić information content (AvgIpc) is 2.86. The molecule has 1 N–H and O–H groups in total. The van der Waals surface area contributed by atoms with E-state index in [0.717, 1.165) is 5.56 Å². The highest BCUT2D eigenvalue weighted by atomic mass is 35.5. The van der Waals surface area contributed by atoms with Gasteiger partial charge in [-0.1, -0.05) is 35.5 Å². The Kier molecular flexibility index (Phi) is 5.82. The summed E-state index contributed by atoms with van der Waals surface area (Å²) in [6, 6.07) is 11.5. The fraction of sp³-hybridized carbons (Fsp3) is 0.211. The average molecular weight is 406 g/mol. The van der Waals surface area contributed by atoms with Gasteiger partial charge in [0.05, 0.1) is 10.7 Å². The zero-order valence-corrected chi connectivity index (χ0v) is 16.3. The molecule has 5 nitrogen and oxygen atoms in total. The Bertz CT molecular complexity index is 935. The number of thioether (sulfide) groups is 1. The molecule has 2 amide bonds. The zero-order valence-electron chi connectivity index (χ0n) is 14.7. The number of nitrogens with zero attached hydrogens (tertiary/aromatic N) is 2. The largest absolute Gasteiger partial charge is 0.326 e. The molecule has 3 rings (SSSR count). The maximum Gasteiger partial charge on any atom is 0.242 e. The van der Waals surface area contributed by atoms with E-state index in [1.807, 2.05) is 25.1 Å². The first-order valence-corrected chi connectivity index (χ1v) is 9.44. The van der Waals surface area contributed by atoms with Crippen molar-refractivity contribution in [3.63, 3.8) is 0 Å². The molecule has 1 saturated heterocycles. The first-order chi connectivity index (χ1) is 12.8. The van der Waals surface area contributed by atoms with Crippen molar-refractivity contribution >= 4 is 51.7 Å². The molecule has 0 spiro atoms. The number of amidine groups is 1. The van der Waals surface area contributed by atoms with Crippen LogP contribution in [0, 0.1) is 12.7 Å². The third kappa shape index (κ3) is 4.67. The summed E-state index contributed by atoms with van der Waals surface area (Å²) in [7, 11) is 1.59. The lowest BCUT2D eigenvalue weighted by Gasteiger charge is -2.09. The van der Waals surface area contributed by atoms with Crippen LogP contribution < -0.4 is 5.32 Å². The molecule has 1 aliphatic rings. The number of amides is 2. The SMILES string of the molecule is Cc1cccc(NC(=O)C[C@@H]2SC(=Nc3ccc(F)c(Cl)c3)N(C)C2=O)c1. The summed E-state index contributed by atoms with van der Waals surface area (Å²) in [6.07, 6.45) is 0.0327. The van der Waals surface area contributed by atoms with E-state index in [1.165, 1.54) is 34.9 Å². The normalized spacial score (nSPS) is 18.2. The number of aryl methyl sites for hydroxylation is 1. The Hall–Kier alpha value is -2.38. The van der Waals surface area contributed by atoms with Gasteiger partial charge in [0.25, 0.3) is 0 Å². The molecule has 2 aromatic carbocycles. The molecule has 0 saturated carbocycles. The summed E-state index contributed by atoms with van der Waals surface area (Å²) in [5.74, 6) is -0.980. The first-order valence-electron chi connectivity index (χ1n) is 8.18. The van der Waals surface area contributed by atoms with Crippen LogP contribution in [0.15, 0.2) is 47.5 Å². The highest BCUT2D eigenvalue weighted by Crippen LogP contribution is 2.31. The summed E-state index contributed by atoms with van der Waals surface area (Å²) in [4.78, 5) is 30.5. The van der Waals surface area contributed by atoms with Crippen LogP contribution >= 0.6 is 23.4 Å². The van der Waals surface area contributed by atoms with Gasteiger partial charge in [-0.15, -0.1) is 0 Å². The van der Waals surface area contributed by atoms with Gasteiger partial charge in [0.2, 0.25) is 11.8 Å². The lowest BCUT2D eigenvalue weighted by Crippen LogP contribution is -2.30. The molecule has 1 fully saturated rings. The van der Waals surface area contributed by atoms with Crippen molar-refractivity contribution in [2.75, 3.05) is 12.4 Å². The van der Waals surface area contributed by atoms with Gasteiger partial charge in [-0.05, 0) is 42.8 Å².